The molecule has 1 saturated heterocycles. The maximum Gasteiger partial charge on any atom is 0.228 e. The number of benzene rings is 2. The minimum atomic E-state index is -0.380. The highest BCUT2D eigenvalue weighted by molar-refractivity contribution is 5.89. The van der Waals surface area contributed by atoms with Crippen molar-refractivity contribution in [1.82, 2.24) is 9.80 Å². The maximum absolute atomic E-state index is 13.1. The second-order valence-corrected chi connectivity index (χ2v) is 7.34. The number of amides is 2. The minimum absolute atomic E-state index is 0.0193. The monoisotopic (exact) mass is 403 g/mol. The summed E-state index contributed by atoms with van der Waals surface area (Å²) in [4.78, 5) is 29.1. The lowest BCUT2D eigenvalue weighted by Gasteiger charge is -2.25. The summed E-state index contributed by atoms with van der Waals surface area (Å²) in [6.45, 7) is 5.39. The van der Waals surface area contributed by atoms with Crippen molar-refractivity contribution in [2.45, 2.75) is 19.5 Å². The predicted molar refractivity (Wildman–Crippen MR) is 113 cm³/mol. The van der Waals surface area contributed by atoms with Crippen LogP contribution < -0.4 is 4.74 Å². The lowest BCUT2D eigenvalue weighted by molar-refractivity contribution is -0.135. The van der Waals surface area contributed by atoms with Gasteiger partial charge >= 0.3 is 0 Å². The zero-order chi connectivity index (χ0) is 21.5. The number of nitrogens with zero attached hydrogens (tertiary/aromatic N) is 3. The van der Waals surface area contributed by atoms with E-state index in [1.54, 1.807) is 41.2 Å². The third-order valence-corrected chi connectivity index (χ3v) is 5.19. The molecule has 0 saturated carbocycles. The normalized spacial score (nSPS) is 15.5. The molecule has 0 bridgehead atoms. The summed E-state index contributed by atoms with van der Waals surface area (Å²) in [5.41, 5.74) is 2.43. The molecule has 0 radical (unpaired) electrons. The van der Waals surface area contributed by atoms with Crippen LogP contribution in [0.1, 0.15) is 23.1 Å². The van der Waals surface area contributed by atoms with Gasteiger partial charge in [0, 0.05) is 32.6 Å². The van der Waals surface area contributed by atoms with Crippen molar-refractivity contribution < 1.29 is 14.3 Å². The van der Waals surface area contributed by atoms with E-state index in [-0.39, 0.29) is 24.2 Å². The molecule has 0 aliphatic carbocycles. The molecule has 6 nitrogen and oxygen atoms in total. The van der Waals surface area contributed by atoms with Gasteiger partial charge in [0.1, 0.15) is 5.75 Å². The van der Waals surface area contributed by atoms with Crippen LogP contribution >= 0.6 is 0 Å². The fourth-order valence-electron chi connectivity index (χ4n) is 3.65. The van der Waals surface area contributed by atoms with Gasteiger partial charge in [-0.2, -0.15) is 5.26 Å². The molecular formula is C24H25N3O3. The Bertz CT molecular complexity index is 962. The summed E-state index contributed by atoms with van der Waals surface area (Å²) in [5.74, 6) is 0.298. The van der Waals surface area contributed by atoms with Crippen LogP contribution in [0.5, 0.6) is 5.75 Å². The van der Waals surface area contributed by atoms with Gasteiger partial charge in [0.15, 0.2) is 0 Å². The van der Waals surface area contributed by atoms with Gasteiger partial charge in [0.2, 0.25) is 11.8 Å². The number of carbonyl (C=O) groups excluding carboxylic acids is 2. The van der Waals surface area contributed by atoms with Crippen molar-refractivity contribution in [3.05, 3.63) is 77.9 Å². The third kappa shape index (κ3) is 5.06. The Morgan fingerprint density at radius 1 is 1.30 bits per heavy atom. The Balaban J connectivity index is 1.66. The van der Waals surface area contributed by atoms with E-state index in [0.29, 0.717) is 31.7 Å². The van der Waals surface area contributed by atoms with Crippen LogP contribution in [0.25, 0.3) is 0 Å². The predicted octanol–water partition coefficient (Wildman–Crippen LogP) is 3.13. The number of rotatable bonds is 8. The summed E-state index contributed by atoms with van der Waals surface area (Å²) in [5, 5.41) is 9.09. The Labute approximate surface area is 177 Å². The molecule has 154 valence electrons. The first-order valence-electron chi connectivity index (χ1n) is 9.83. The van der Waals surface area contributed by atoms with Crippen molar-refractivity contribution in [3.8, 4) is 11.8 Å². The molecule has 1 aliphatic rings. The summed E-state index contributed by atoms with van der Waals surface area (Å²) in [6.07, 6.45) is 1.89. The van der Waals surface area contributed by atoms with E-state index in [1.165, 1.54) is 0 Å². The van der Waals surface area contributed by atoms with E-state index in [0.717, 1.165) is 16.9 Å². The maximum atomic E-state index is 13.1. The molecule has 1 unspecified atom stereocenters. The van der Waals surface area contributed by atoms with E-state index < -0.39 is 0 Å². The molecule has 0 spiro atoms. The van der Waals surface area contributed by atoms with E-state index in [4.69, 9.17) is 10.00 Å². The van der Waals surface area contributed by atoms with Gasteiger partial charge in [-0.1, -0.05) is 30.3 Å². The van der Waals surface area contributed by atoms with E-state index in [1.807, 2.05) is 30.3 Å². The van der Waals surface area contributed by atoms with Crippen LogP contribution in [0.4, 0.5) is 0 Å². The van der Waals surface area contributed by atoms with Gasteiger partial charge in [-0.25, -0.2) is 0 Å². The summed E-state index contributed by atoms with van der Waals surface area (Å²) >= 11 is 0. The van der Waals surface area contributed by atoms with E-state index in [2.05, 4.69) is 12.6 Å². The van der Waals surface area contributed by atoms with Gasteiger partial charge in [0.05, 0.1) is 24.7 Å². The number of carbonyl (C=O) groups is 2. The van der Waals surface area contributed by atoms with Crippen molar-refractivity contribution in [3.63, 3.8) is 0 Å². The molecule has 2 amide bonds. The van der Waals surface area contributed by atoms with Gasteiger partial charge < -0.3 is 14.5 Å². The molecule has 2 aromatic rings. The lowest BCUT2D eigenvalue weighted by atomic mass is 10.1. The Kier molecular flexibility index (Phi) is 6.87. The molecule has 2 aromatic carbocycles. The molecule has 1 heterocycles. The van der Waals surface area contributed by atoms with Crippen LogP contribution in [-0.2, 0) is 22.7 Å². The van der Waals surface area contributed by atoms with Crippen molar-refractivity contribution in [2.75, 3.05) is 20.2 Å². The highest BCUT2D eigenvalue weighted by atomic mass is 16.5. The quantitative estimate of drug-likeness (QED) is 0.635. The van der Waals surface area contributed by atoms with E-state index >= 15 is 0 Å². The van der Waals surface area contributed by atoms with Crippen molar-refractivity contribution >= 4 is 11.8 Å². The number of methoxy groups -OCH3 is 1. The highest BCUT2D eigenvalue weighted by Gasteiger charge is 2.36. The Morgan fingerprint density at radius 3 is 2.73 bits per heavy atom. The standard InChI is InChI=1S/C24H25N3O3/c1-3-11-26(16-20-6-4-5-19(12-20)14-25)24(29)21-13-23(28)27(17-21)15-18-7-9-22(30-2)10-8-18/h3-10,12,21H,1,11,13,15-17H2,2H3. The van der Waals surface area contributed by atoms with Crippen LogP contribution in [0, 0.1) is 17.2 Å². The van der Waals surface area contributed by atoms with Gasteiger partial charge in [-0.05, 0) is 35.4 Å². The molecule has 0 N–H and O–H groups in total. The molecular weight excluding hydrogens is 378 g/mol. The van der Waals surface area contributed by atoms with Crippen LogP contribution in [0.2, 0.25) is 0 Å². The zero-order valence-electron chi connectivity index (χ0n) is 17.1. The number of likely N-dealkylation sites (tertiary alicyclic amines) is 1. The first-order valence-corrected chi connectivity index (χ1v) is 9.83. The first-order chi connectivity index (χ1) is 14.5. The fourth-order valence-corrected chi connectivity index (χ4v) is 3.65. The first kappa shape index (κ1) is 21.1. The zero-order valence-corrected chi connectivity index (χ0v) is 17.1. The van der Waals surface area contributed by atoms with Gasteiger partial charge in [0.25, 0.3) is 0 Å². The summed E-state index contributed by atoms with van der Waals surface area (Å²) in [7, 11) is 1.61. The SMILES string of the molecule is C=CCN(Cc1cccc(C#N)c1)C(=O)C1CC(=O)N(Cc2ccc(OC)cc2)C1. The van der Waals surface area contributed by atoms with Gasteiger partial charge in [-0.3, -0.25) is 9.59 Å². The molecule has 6 heteroatoms. The second kappa shape index (κ2) is 9.75. The van der Waals surface area contributed by atoms with Crippen molar-refractivity contribution in [1.29, 1.82) is 5.26 Å². The fraction of sp³-hybridized carbons (Fsp3) is 0.292. The van der Waals surface area contributed by atoms with Crippen LogP contribution in [0.3, 0.4) is 0 Å². The summed E-state index contributed by atoms with van der Waals surface area (Å²) < 4.78 is 5.16. The van der Waals surface area contributed by atoms with E-state index in [9.17, 15) is 9.59 Å². The smallest absolute Gasteiger partial charge is 0.228 e. The second-order valence-electron chi connectivity index (χ2n) is 7.34. The lowest BCUT2D eigenvalue weighted by Crippen LogP contribution is -2.37. The average Bonchev–Trinajstić information content (AvgIpc) is 3.13. The number of hydrogen-bond acceptors (Lipinski definition) is 4. The number of ether oxygens (including phenoxy) is 1. The number of nitriles is 1. The molecule has 30 heavy (non-hydrogen) atoms. The molecule has 1 aliphatic heterocycles. The topological polar surface area (TPSA) is 73.6 Å². The summed E-state index contributed by atoms with van der Waals surface area (Å²) in [6, 6.07) is 16.9. The molecule has 3 rings (SSSR count). The molecule has 1 fully saturated rings. The van der Waals surface area contributed by atoms with Crippen LogP contribution in [-0.4, -0.2) is 41.8 Å². The van der Waals surface area contributed by atoms with Gasteiger partial charge in [-0.15, -0.1) is 6.58 Å². The minimum Gasteiger partial charge on any atom is -0.497 e. The highest BCUT2D eigenvalue weighted by Crippen LogP contribution is 2.24. The Morgan fingerprint density at radius 2 is 2.07 bits per heavy atom. The average molecular weight is 403 g/mol. The molecule has 0 aromatic heterocycles. The molecule has 1 atom stereocenters. The largest absolute Gasteiger partial charge is 0.497 e. The Hall–Kier alpha value is -3.59. The van der Waals surface area contributed by atoms with Crippen molar-refractivity contribution in [2.24, 2.45) is 5.92 Å². The third-order valence-electron chi connectivity index (χ3n) is 5.19. The number of hydrogen-bond donors (Lipinski definition) is 0. The van der Waals surface area contributed by atoms with Crippen LogP contribution in [0.15, 0.2) is 61.2 Å².